The van der Waals surface area contributed by atoms with E-state index in [9.17, 15) is 19.5 Å². The number of rotatable bonds is 10. The molecule has 4 rings (SSSR count). The highest BCUT2D eigenvalue weighted by Gasteiger charge is 2.36. The van der Waals surface area contributed by atoms with E-state index in [-0.39, 0.29) is 25.9 Å². The van der Waals surface area contributed by atoms with Gasteiger partial charge in [0.2, 0.25) is 5.91 Å². The van der Waals surface area contributed by atoms with Gasteiger partial charge in [-0.25, -0.2) is 14.6 Å². The number of amides is 3. The maximum Gasteiger partial charge on any atom is 0.410 e. The maximum atomic E-state index is 14.0. The summed E-state index contributed by atoms with van der Waals surface area (Å²) in [5.41, 5.74) is 1.77. The molecule has 1 aliphatic heterocycles. The van der Waals surface area contributed by atoms with Crippen molar-refractivity contribution in [2.75, 3.05) is 32.2 Å². The Hall–Kier alpha value is -4.48. The van der Waals surface area contributed by atoms with Crippen LogP contribution in [0.2, 0.25) is 0 Å². The van der Waals surface area contributed by atoms with E-state index in [4.69, 9.17) is 14.2 Å². The van der Waals surface area contributed by atoms with Gasteiger partial charge in [-0.15, -0.1) is 0 Å². The van der Waals surface area contributed by atoms with Crippen LogP contribution in [-0.2, 0) is 25.4 Å². The number of pyridine rings is 1. The van der Waals surface area contributed by atoms with Gasteiger partial charge >= 0.3 is 12.2 Å². The van der Waals surface area contributed by atoms with Crippen molar-refractivity contribution in [3.8, 4) is 0 Å². The number of aryl methyl sites for hydroxylation is 1. The first kappa shape index (κ1) is 33.4. The summed E-state index contributed by atoms with van der Waals surface area (Å²) in [6, 6.07) is 21.1. The normalized spacial score (nSPS) is 17.3. The summed E-state index contributed by atoms with van der Waals surface area (Å²) < 4.78 is 16.4. The zero-order valence-corrected chi connectivity index (χ0v) is 26.1. The zero-order valence-electron chi connectivity index (χ0n) is 26.1. The Morgan fingerprint density at radius 2 is 1.67 bits per heavy atom. The third-order valence-electron chi connectivity index (χ3n) is 7.46. The van der Waals surface area contributed by atoms with E-state index in [1.807, 2.05) is 66.7 Å². The van der Waals surface area contributed by atoms with Crippen molar-refractivity contribution in [2.45, 2.75) is 63.3 Å². The van der Waals surface area contributed by atoms with E-state index in [1.165, 1.54) is 12.0 Å². The van der Waals surface area contributed by atoms with Crippen LogP contribution in [0.25, 0.3) is 0 Å². The molecule has 0 spiro atoms. The van der Waals surface area contributed by atoms with Crippen molar-refractivity contribution < 1.29 is 33.7 Å². The summed E-state index contributed by atoms with van der Waals surface area (Å²) in [4.78, 5) is 45.3. The molecule has 240 valence electrons. The topological polar surface area (TPSA) is 139 Å². The predicted octanol–water partition coefficient (Wildman–Crippen LogP) is 4.51. The van der Waals surface area contributed by atoms with Gasteiger partial charge in [0.25, 0.3) is 0 Å². The van der Waals surface area contributed by atoms with Crippen LogP contribution < -0.4 is 10.6 Å². The number of hydrogen-bond acceptors (Lipinski definition) is 8. The molecule has 3 atom stereocenters. The van der Waals surface area contributed by atoms with Crippen LogP contribution in [-0.4, -0.2) is 83.7 Å². The van der Waals surface area contributed by atoms with Gasteiger partial charge in [0, 0.05) is 12.1 Å². The molecule has 0 radical (unpaired) electrons. The first-order chi connectivity index (χ1) is 21.6. The zero-order chi connectivity index (χ0) is 32.4. The molecule has 3 aromatic rings. The highest BCUT2D eigenvalue weighted by Crippen LogP contribution is 2.30. The van der Waals surface area contributed by atoms with E-state index in [0.717, 1.165) is 16.7 Å². The maximum absolute atomic E-state index is 14.0. The SMILES string of the molecule is COC(=O)N[C@H](C(=O)Nc1ncccc1CC[C@@H]1CN(C(=O)OC(C)(C)C)[C@H](CO)CO1)C(c1ccccc1)c1ccccc1. The van der Waals surface area contributed by atoms with Crippen LogP contribution in [0.1, 0.15) is 49.8 Å². The fourth-order valence-electron chi connectivity index (χ4n) is 5.28. The van der Waals surface area contributed by atoms with Crippen molar-refractivity contribution in [1.29, 1.82) is 0 Å². The van der Waals surface area contributed by atoms with Crippen LogP contribution in [0.3, 0.4) is 0 Å². The molecule has 1 aromatic heterocycles. The Bertz CT molecular complexity index is 1380. The van der Waals surface area contributed by atoms with Crippen LogP contribution in [0.4, 0.5) is 15.4 Å². The molecule has 1 saturated heterocycles. The average molecular weight is 619 g/mol. The van der Waals surface area contributed by atoms with Gasteiger partial charge in [0.1, 0.15) is 17.5 Å². The molecule has 3 N–H and O–H groups in total. The number of nitrogens with zero attached hydrogens (tertiary/aromatic N) is 2. The van der Waals surface area contributed by atoms with Crippen molar-refractivity contribution in [1.82, 2.24) is 15.2 Å². The summed E-state index contributed by atoms with van der Waals surface area (Å²) in [6.45, 7) is 5.58. The Morgan fingerprint density at radius 3 is 2.24 bits per heavy atom. The lowest BCUT2D eigenvalue weighted by Gasteiger charge is -2.39. The highest BCUT2D eigenvalue weighted by molar-refractivity contribution is 5.97. The summed E-state index contributed by atoms with van der Waals surface area (Å²) in [6.07, 6.45) is 1.03. The monoisotopic (exact) mass is 618 g/mol. The largest absolute Gasteiger partial charge is 0.453 e. The fourth-order valence-corrected chi connectivity index (χ4v) is 5.28. The predicted molar refractivity (Wildman–Crippen MR) is 169 cm³/mol. The minimum atomic E-state index is -1.03. The molecule has 0 unspecified atom stereocenters. The van der Waals surface area contributed by atoms with Gasteiger partial charge in [-0.1, -0.05) is 66.7 Å². The highest BCUT2D eigenvalue weighted by atomic mass is 16.6. The lowest BCUT2D eigenvalue weighted by molar-refractivity contribution is -0.118. The smallest absolute Gasteiger partial charge is 0.410 e. The van der Waals surface area contributed by atoms with Gasteiger partial charge in [0.15, 0.2) is 0 Å². The minimum Gasteiger partial charge on any atom is -0.453 e. The standard InChI is InChI=1S/C34H42N4O7/c1-34(2,3)45-33(42)38-20-27(44-22-26(38)21-39)18-17-25-16-11-19-35-30(25)37-31(40)29(36-32(41)43-4)28(23-12-7-5-8-13-23)24-14-9-6-10-15-24/h5-16,19,26-29,39H,17-18,20-22H2,1-4H3,(H,36,41)(H,35,37,40)/t26-,27-,29+/m1/s1. The van der Waals surface area contributed by atoms with E-state index < -0.39 is 41.7 Å². The number of anilines is 1. The quantitative estimate of drug-likeness (QED) is 0.302. The third-order valence-corrected chi connectivity index (χ3v) is 7.46. The van der Waals surface area contributed by atoms with Crippen LogP contribution >= 0.6 is 0 Å². The second-order valence-electron chi connectivity index (χ2n) is 11.9. The van der Waals surface area contributed by atoms with E-state index >= 15 is 0 Å². The lowest BCUT2D eigenvalue weighted by atomic mass is 9.84. The third kappa shape index (κ3) is 9.26. The second kappa shape index (κ2) is 15.5. The van der Waals surface area contributed by atoms with Crippen molar-refractivity contribution in [2.24, 2.45) is 0 Å². The molecule has 1 fully saturated rings. The number of carbonyl (C=O) groups is 3. The van der Waals surface area contributed by atoms with E-state index in [0.29, 0.717) is 18.7 Å². The Balaban J connectivity index is 1.53. The minimum absolute atomic E-state index is 0.179. The number of methoxy groups -OCH3 is 1. The average Bonchev–Trinajstić information content (AvgIpc) is 3.04. The molecule has 45 heavy (non-hydrogen) atoms. The van der Waals surface area contributed by atoms with Gasteiger partial charge < -0.3 is 30.0 Å². The number of aliphatic hydroxyl groups excluding tert-OH is 1. The van der Waals surface area contributed by atoms with E-state index in [2.05, 4.69) is 15.6 Å². The molecule has 0 saturated carbocycles. The number of alkyl carbamates (subject to hydrolysis) is 1. The summed E-state index contributed by atoms with van der Waals surface area (Å²) in [5, 5.41) is 15.5. The van der Waals surface area contributed by atoms with Gasteiger partial charge in [-0.2, -0.15) is 0 Å². The van der Waals surface area contributed by atoms with Crippen molar-refractivity contribution >= 4 is 23.9 Å². The van der Waals surface area contributed by atoms with Crippen LogP contribution in [0.15, 0.2) is 79.0 Å². The van der Waals surface area contributed by atoms with Gasteiger partial charge in [0.05, 0.1) is 39.0 Å². The number of ether oxygens (including phenoxy) is 3. The Labute approximate surface area is 263 Å². The first-order valence-electron chi connectivity index (χ1n) is 15.0. The number of aliphatic hydroxyl groups is 1. The van der Waals surface area contributed by atoms with Gasteiger partial charge in [-0.3, -0.25) is 9.69 Å². The van der Waals surface area contributed by atoms with Gasteiger partial charge in [-0.05, 0) is 56.4 Å². The molecule has 11 nitrogen and oxygen atoms in total. The molecule has 3 amide bonds. The molecule has 0 aliphatic carbocycles. The van der Waals surface area contributed by atoms with Crippen molar-refractivity contribution in [3.05, 3.63) is 95.7 Å². The number of hydrogen-bond donors (Lipinski definition) is 3. The summed E-state index contributed by atoms with van der Waals surface area (Å²) in [7, 11) is 1.25. The fraction of sp³-hybridized carbons (Fsp3) is 0.412. The number of carbonyl (C=O) groups excluding carboxylic acids is 3. The second-order valence-corrected chi connectivity index (χ2v) is 11.9. The molecular formula is C34H42N4O7. The molecule has 1 aliphatic rings. The molecule has 2 heterocycles. The lowest BCUT2D eigenvalue weighted by Crippen LogP contribution is -2.55. The molecule has 0 bridgehead atoms. The van der Waals surface area contributed by atoms with Crippen LogP contribution in [0, 0.1) is 0 Å². The molecular weight excluding hydrogens is 576 g/mol. The molecule has 11 heteroatoms. The Morgan fingerprint density at radius 1 is 1.02 bits per heavy atom. The number of benzene rings is 2. The van der Waals surface area contributed by atoms with Crippen molar-refractivity contribution in [3.63, 3.8) is 0 Å². The van der Waals surface area contributed by atoms with E-state index in [1.54, 1.807) is 33.0 Å². The number of morpholine rings is 1. The first-order valence-corrected chi connectivity index (χ1v) is 15.0. The summed E-state index contributed by atoms with van der Waals surface area (Å²) in [5.74, 6) is -0.631. The Kier molecular flexibility index (Phi) is 11.5. The van der Waals surface area contributed by atoms with Crippen LogP contribution in [0.5, 0.6) is 0 Å². The number of aromatic nitrogens is 1. The molecule has 2 aromatic carbocycles. The number of nitrogens with one attached hydrogen (secondary N) is 2. The summed E-state index contributed by atoms with van der Waals surface area (Å²) >= 11 is 0.